The topological polar surface area (TPSA) is 38.9 Å². The summed E-state index contributed by atoms with van der Waals surface area (Å²) < 4.78 is 0. The van der Waals surface area contributed by atoms with Crippen LogP contribution in [0.5, 0.6) is 0 Å². The molecule has 4 aromatic carbocycles. The number of nitrogens with zero attached hydrogens (tertiary/aromatic N) is 1. The van der Waals surface area contributed by atoms with Crippen LogP contribution in [0.25, 0.3) is 23.0 Å². The molecule has 1 atom stereocenters. The number of aromatic nitrogens is 1. The quantitative estimate of drug-likeness (QED) is 0.247. The molecule has 1 spiro atoms. The summed E-state index contributed by atoms with van der Waals surface area (Å²) in [6.07, 6.45) is 13.2. The predicted molar refractivity (Wildman–Crippen MR) is 177 cm³/mol. The molecule has 0 aliphatic heterocycles. The highest BCUT2D eigenvalue weighted by Crippen LogP contribution is 2.56. The Morgan fingerprint density at radius 3 is 2.21 bits per heavy atom. The molecule has 2 N–H and O–H groups in total. The summed E-state index contributed by atoms with van der Waals surface area (Å²) in [5, 5.41) is 0. The molecule has 0 amide bonds. The van der Waals surface area contributed by atoms with Gasteiger partial charge in [-0.1, -0.05) is 152 Å². The van der Waals surface area contributed by atoms with Gasteiger partial charge in [0.25, 0.3) is 0 Å². The standard InChI is InChI=1S/C33H26N2.C7H8/c1-23-10-5-6-11-25-12-7-8-15-28(25)33(23)29-16-9-21-35-32(29)27-19-17-24(22-30(27)33)18-20-31(34)26-13-3-2-4-14-26;1-7-5-3-2-4-6-7/h2-17,19-22H,1,18,34H2;2-6H,1H3/b10-5-,11-6-,31-20-;. The van der Waals surface area contributed by atoms with Crippen LogP contribution in [0.15, 0.2) is 158 Å². The van der Waals surface area contributed by atoms with Gasteiger partial charge >= 0.3 is 0 Å². The molecule has 0 saturated heterocycles. The van der Waals surface area contributed by atoms with Crippen molar-refractivity contribution in [3.05, 3.63) is 197 Å². The molecular weight excluding hydrogens is 508 g/mol. The van der Waals surface area contributed by atoms with Gasteiger partial charge in [0.2, 0.25) is 0 Å². The van der Waals surface area contributed by atoms with Crippen LogP contribution in [0.1, 0.15) is 38.9 Å². The lowest BCUT2D eigenvalue weighted by molar-refractivity contribution is 0.764. The molecule has 0 radical (unpaired) electrons. The Balaban J connectivity index is 0.000000397. The maximum Gasteiger partial charge on any atom is 0.0753 e. The molecule has 1 heterocycles. The fraction of sp³-hybridized carbons (Fsp3) is 0.0750. The maximum absolute atomic E-state index is 6.40. The van der Waals surface area contributed by atoms with Crippen LogP contribution in [0.2, 0.25) is 0 Å². The van der Waals surface area contributed by atoms with Crippen molar-refractivity contribution < 1.29 is 0 Å². The van der Waals surface area contributed by atoms with Crippen LogP contribution in [0, 0.1) is 6.92 Å². The number of aryl methyl sites for hydroxylation is 1. The summed E-state index contributed by atoms with van der Waals surface area (Å²) in [7, 11) is 0. The van der Waals surface area contributed by atoms with Gasteiger partial charge in [-0.2, -0.15) is 0 Å². The fourth-order valence-electron chi connectivity index (χ4n) is 6.06. The van der Waals surface area contributed by atoms with E-state index in [1.165, 1.54) is 38.9 Å². The Morgan fingerprint density at radius 2 is 1.45 bits per heavy atom. The number of rotatable bonds is 3. The Labute approximate surface area is 248 Å². The minimum atomic E-state index is -0.499. The third kappa shape index (κ3) is 4.93. The van der Waals surface area contributed by atoms with Crippen molar-refractivity contribution in [3.63, 3.8) is 0 Å². The summed E-state index contributed by atoms with van der Waals surface area (Å²) in [6.45, 7) is 6.69. The summed E-state index contributed by atoms with van der Waals surface area (Å²) >= 11 is 0. The van der Waals surface area contributed by atoms with Crippen molar-refractivity contribution >= 4 is 11.8 Å². The number of pyridine rings is 1. The van der Waals surface area contributed by atoms with Crippen molar-refractivity contribution in [2.24, 2.45) is 5.73 Å². The second-order valence-corrected chi connectivity index (χ2v) is 10.7. The minimum Gasteiger partial charge on any atom is -0.398 e. The van der Waals surface area contributed by atoms with Crippen molar-refractivity contribution in [2.75, 3.05) is 0 Å². The highest BCUT2D eigenvalue weighted by atomic mass is 14.7. The third-order valence-electron chi connectivity index (χ3n) is 8.09. The van der Waals surface area contributed by atoms with E-state index in [1.807, 2.05) is 60.8 Å². The van der Waals surface area contributed by atoms with Gasteiger partial charge in [0.05, 0.1) is 11.1 Å². The van der Waals surface area contributed by atoms with E-state index >= 15 is 0 Å². The molecule has 1 aromatic heterocycles. The van der Waals surface area contributed by atoms with Crippen molar-refractivity contribution in [1.82, 2.24) is 4.98 Å². The van der Waals surface area contributed by atoms with E-state index in [4.69, 9.17) is 10.7 Å². The van der Waals surface area contributed by atoms with E-state index in [1.54, 1.807) is 0 Å². The van der Waals surface area contributed by atoms with E-state index in [0.717, 1.165) is 28.9 Å². The number of hydrogen-bond acceptors (Lipinski definition) is 2. The first kappa shape index (κ1) is 27.0. The van der Waals surface area contributed by atoms with Crippen molar-refractivity contribution in [3.8, 4) is 11.3 Å². The van der Waals surface area contributed by atoms with Crippen LogP contribution in [-0.4, -0.2) is 4.98 Å². The van der Waals surface area contributed by atoms with Crippen molar-refractivity contribution in [2.45, 2.75) is 18.8 Å². The van der Waals surface area contributed by atoms with Gasteiger partial charge in [0, 0.05) is 17.5 Å². The molecule has 1 unspecified atom stereocenters. The summed E-state index contributed by atoms with van der Waals surface area (Å²) in [5.74, 6) is 0. The van der Waals surface area contributed by atoms with Gasteiger partial charge in [0.1, 0.15) is 0 Å². The van der Waals surface area contributed by atoms with Crippen LogP contribution in [-0.2, 0) is 11.8 Å². The maximum atomic E-state index is 6.40. The molecular formula is C40H34N2. The highest BCUT2D eigenvalue weighted by Gasteiger charge is 2.47. The van der Waals surface area contributed by atoms with Gasteiger partial charge in [-0.05, 0) is 58.4 Å². The van der Waals surface area contributed by atoms with E-state index in [-0.39, 0.29) is 0 Å². The Kier molecular flexibility index (Phi) is 7.53. The minimum absolute atomic E-state index is 0.499. The van der Waals surface area contributed by atoms with Gasteiger partial charge in [-0.3, -0.25) is 4.98 Å². The fourth-order valence-corrected chi connectivity index (χ4v) is 6.06. The first-order valence-electron chi connectivity index (χ1n) is 14.3. The largest absolute Gasteiger partial charge is 0.398 e. The molecule has 0 saturated carbocycles. The molecule has 5 aromatic rings. The van der Waals surface area contributed by atoms with Gasteiger partial charge in [-0.25, -0.2) is 0 Å². The molecule has 204 valence electrons. The molecule has 42 heavy (non-hydrogen) atoms. The van der Waals surface area contributed by atoms with Crippen LogP contribution in [0.3, 0.4) is 0 Å². The van der Waals surface area contributed by atoms with Gasteiger partial charge in [0.15, 0.2) is 0 Å². The summed E-state index contributed by atoms with van der Waals surface area (Å²) in [4.78, 5) is 4.84. The lowest BCUT2D eigenvalue weighted by Crippen LogP contribution is -2.30. The summed E-state index contributed by atoms with van der Waals surface area (Å²) in [5.41, 5.74) is 18.3. The molecule has 0 bridgehead atoms. The van der Waals surface area contributed by atoms with Gasteiger partial charge in [-0.15, -0.1) is 0 Å². The van der Waals surface area contributed by atoms with Gasteiger partial charge < -0.3 is 5.73 Å². The molecule has 2 aliphatic rings. The van der Waals surface area contributed by atoms with Crippen LogP contribution >= 0.6 is 0 Å². The number of fused-ring (bicyclic) bond motifs is 7. The zero-order valence-corrected chi connectivity index (χ0v) is 23.9. The van der Waals surface area contributed by atoms with E-state index in [0.29, 0.717) is 0 Å². The Bertz CT molecular complexity index is 1830. The molecule has 2 nitrogen and oxygen atoms in total. The highest BCUT2D eigenvalue weighted by molar-refractivity contribution is 5.86. The van der Waals surface area contributed by atoms with E-state index < -0.39 is 5.41 Å². The zero-order chi connectivity index (χ0) is 28.9. The first-order valence-corrected chi connectivity index (χ1v) is 14.3. The average molecular weight is 543 g/mol. The number of nitrogens with two attached hydrogens (primary N) is 1. The molecule has 2 aliphatic carbocycles. The number of benzene rings is 4. The third-order valence-corrected chi connectivity index (χ3v) is 8.09. The summed E-state index contributed by atoms with van der Waals surface area (Å²) in [6, 6.07) is 40.0. The predicted octanol–water partition coefficient (Wildman–Crippen LogP) is 9.07. The first-order chi connectivity index (χ1) is 20.6. The molecule has 0 fully saturated rings. The molecule has 7 rings (SSSR count). The number of hydrogen-bond donors (Lipinski definition) is 1. The Morgan fingerprint density at radius 1 is 0.762 bits per heavy atom. The van der Waals surface area contributed by atoms with E-state index in [2.05, 4.69) is 105 Å². The molecule has 2 heteroatoms. The smallest absolute Gasteiger partial charge is 0.0753 e. The van der Waals surface area contributed by atoms with Crippen molar-refractivity contribution in [1.29, 1.82) is 0 Å². The monoisotopic (exact) mass is 542 g/mol. The number of allylic oxidation sites excluding steroid dienone is 5. The van der Waals surface area contributed by atoms with Crippen LogP contribution in [0.4, 0.5) is 0 Å². The van der Waals surface area contributed by atoms with E-state index in [9.17, 15) is 0 Å². The second-order valence-electron chi connectivity index (χ2n) is 10.7. The normalized spacial score (nSPS) is 18.0. The SMILES string of the molecule is C=C1/C=C\C=C/c2ccccc2C12c1cc(C/C=C(\N)c3ccccc3)ccc1-c1ncccc12.Cc1ccccc1. The van der Waals surface area contributed by atoms with Crippen LogP contribution < -0.4 is 5.73 Å². The lowest BCUT2D eigenvalue weighted by atomic mass is 9.65. The average Bonchev–Trinajstić information content (AvgIpc) is 3.33. The lowest BCUT2D eigenvalue weighted by Gasteiger charge is -2.35. The second kappa shape index (κ2) is 11.7. The zero-order valence-electron chi connectivity index (χ0n) is 23.9. The Hall–Kier alpha value is -5.21.